The third-order valence-electron chi connectivity index (χ3n) is 5.68. The average Bonchev–Trinajstić information content (AvgIpc) is 3.53. The quantitative estimate of drug-likeness (QED) is 0.497. The SMILES string of the molecule is CCN(C(=O)CSC1=N/C(=C/c2ccco2)C(=O)N1c1ccc(OC)c(Cl)c1)C1CCS(=O)(=O)C1. The number of anilines is 1. The van der Waals surface area contributed by atoms with Crippen LogP contribution in [-0.2, 0) is 19.4 Å². The third kappa shape index (κ3) is 5.57. The smallest absolute Gasteiger partial charge is 0.283 e. The first-order valence-corrected chi connectivity index (χ1v) is 14.1. The molecule has 0 aliphatic carbocycles. The highest BCUT2D eigenvalue weighted by Crippen LogP contribution is 2.34. The number of aliphatic imine (C=N–C) groups is 1. The average molecular weight is 538 g/mol. The van der Waals surface area contributed by atoms with Crippen molar-refractivity contribution in [3.8, 4) is 5.75 Å². The van der Waals surface area contributed by atoms with Crippen LogP contribution in [0.1, 0.15) is 19.1 Å². The Bertz CT molecular complexity index is 1290. The first-order chi connectivity index (χ1) is 16.7. The highest BCUT2D eigenvalue weighted by Gasteiger charge is 2.36. The van der Waals surface area contributed by atoms with Crippen molar-refractivity contribution in [2.24, 2.45) is 4.99 Å². The van der Waals surface area contributed by atoms with Gasteiger partial charge in [0.25, 0.3) is 5.91 Å². The molecule has 1 atom stereocenters. The number of sulfone groups is 1. The predicted octanol–water partition coefficient (Wildman–Crippen LogP) is 3.45. The maximum absolute atomic E-state index is 13.3. The van der Waals surface area contributed by atoms with Crippen molar-refractivity contribution in [3.05, 3.63) is 53.1 Å². The number of hydrogen-bond donors (Lipinski definition) is 0. The van der Waals surface area contributed by atoms with Gasteiger partial charge in [-0.2, -0.15) is 0 Å². The van der Waals surface area contributed by atoms with Crippen LogP contribution in [0.25, 0.3) is 6.08 Å². The summed E-state index contributed by atoms with van der Waals surface area (Å²) in [6.07, 6.45) is 3.45. The molecule has 0 bridgehead atoms. The molecule has 1 unspecified atom stereocenters. The molecule has 0 saturated carbocycles. The summed E-state index contributed by atoms with van der Waals surface area (Å²) in [4.78, 5) is 33.7. The monoisotopic (exact) mass is 537 g/mol. The van der Waals surface area contributed by atoms with Gasteiger partial charge in [-0.25, -0.2) is 13.4 Å². The summed E-state index contributed by atoms with van der Waals surface area (Å²) in [6.45, 7) is 2.21. The molecule has 0 spiro atoms. The van der Waals surface area contributed by atoms with Crippen molar-refractivity contribution in [2.45, 2.75) is 19.4 Å². The summed E-state index contributed by atoms with van der Waals surface area (Å²) in [6, 6.07) is 7.98. The van der Waals surface area contributed by atoms with E-state index >= 15 is 0 Å². The standard InChI is InChI=1S/C23H24ClN3O6S2/c1-3-26(16-8-10-35(30,31)14-16)21(28)13-34-23-25-19(12-17-5-4-9-33-17)22(29)27(23)15-6-7-20(32-2)18(24)11-15/h4-7,9,11-12,16H,3,8,10,13-14H2,1-2H3/b19-12+. The number of ether oxygens (including phenoxy) is 1. The first-order valence-electron chi connectivity index (χ1n) is 10.9. The van der Waals surface area contributed by atoms with Crippen molar-refractivity contribution >= 4 is 61.9 Å². The maximum atomic E-state index is 13.3. The number of methoxy groups -OCH3 is 1. The molecule has 186 valence electrons. The van der Waals surface area contributed by atoms with Crippen molar-refractivity contribution in [1.29, 1.82) is 0 Å². The molecular weight excluding hydrogens is 514 g/mol. The van der Waals surface area contributed by atoms with Gasteiger partial charge in [0, 0.05) is 18.7 Å². The van der Waals surface area contributed by atoms with Crippen LogP contribution in [0.15, 0.2) is 51.7 Å². The van der Waals surface area contributed by atoms with Crippen LogP contribution in [-0.4, -0.2) is 67.3 Å². The number of carbonyl (C=O) groups excluding carboxylic acids is 2. The Kier molecular flexibility index (Phi) is 7.58. The van der Waals surface area contributed by atoms with E-state index in [2.05, 4.69) is 4.99 Å². The molecule has 2 aliphatic heterocycles. The summed E-state index contributed by atoms with van der Waals surface area (Å²) in [5.41, 5.74) is 0.618. The molecular formula is C23H24ClN3O6S2. The lowest BCUT2D eigenvalue weighted by Gasteiger charge is -2.27. The van der Waals surface area contributed by atoms with Crippen LogP contribution in [0, 0.1) is 0 Å². The lowest BCUT2D eigenvalue weighted by Crippen LogP contribution is -2.42. The Morgan fingerprint density at radius 2 is 2.20 bits per heavy atom. The number of thioether (sulfide) groups is 1. The minimum atomic E-state index is -3.13. The second-order valence-electron chi connectivity index (χ2n) is 7.92. The molecule has 2 aliphatic rings. The predicted molar refractivity (Wildman–Crippen MR) is 137 cm³/mol. The van der Waals surface area contributed by atoms with E-state index in [1.165, 1.54) is 24.3 Å². The van der Waals surface area contributed by atoms with Gasteiger partial charge in [0.05, 0.1) is 41.3 Å². The van der Waals surface area contributed by atoms with E-state index < -0.39 is 15.7 Å². The number of carbonyl (C=O) groups is 2. The van der Waals surface area contributed by atoms with Gasteiger partial charge >= 0.3 is 0 Å². The zero-order valence-electron chi connectivity index (χ0n) is 19.1. The number of nitrogens with zero attached hydrogens (tertiary/aromatic N) is 3. The molecule has 1 aromatic carbocycles. The van der Waals surface area contributed by atoms with E-state index in [9.17, 15) is 18.0 Å². The van der Waals surface area contributed by atoms with E-state index in [1.54, 1.807) is 35.2 Å². The number of amides is 2. The Morgan fingerprint density at radius 1 is 1.40 bits per heavy atom. The van der Waals surface area contributed by atoms with Crippen LogP contribution in [0.3, 0.4) is 0 Å². The summed E-state index contributed by atoms with van der Waals surface area (Å²) in [7, 11) is -1.63. The van der Waals surface area contributed by atoms with Gasteiger partial charge in [-0.3, -0.25) is 14.5 Å². The molecule has 1 saturated heterocycles. The number of hydrogen-bond acceptors (Lipinski definition) is 8. The molecule has 12 heteroatoms. The maximum Gasteiger partial charge on any atom is 0.283 e. The fourth-order valence-corrected chi connectivity index (χ4v) is 6.87. The Balaban J connectivity index is 1.58. The zero-order valence-corrected chi connectivity index (χ0v) is 21.5. The lowest BCUT2D eigenvalue weighted by atomic mass is 10.2. The molecule has 4 rings (SSSR count). The van der Waals surface area contributed by atoms with Crippen molar-refractivity contribution in [3.63, 3.8) is 0 Å². The number of halogens is 1. The van der Waals surface area contributed by atoms with Gasteiger partial charge in [0.15, 0.2) is 15.0 Å². The van der Waals surface area contributed by atoms with Crippen molar-refractivity contribution in [1.82, 2.24) is 4.90 Å². The molecule has 1 aromatic heterocycles. The summed E-state index contributed by atoms with van der Waals surface area (Å²) in [5.74, 6) is 0.362. The van der Waals surface area contributed by atoms with Crippen LogP contribution in [0.4, 0.5) is 5.69 Å². The Hall–Kier alpha value is -2.76. The molecule has 35 heavy (non-hydrogen) atoms. The summed E-state index contributed by atoms with van der Waals surface area (Å²) < 4.78 is 34.3. The normalized spacial score (nSPS) is 20.4. The van der Waals surface area contributed by atoms with Crippen molar-refractivity contribution < 1.29 is 27.2 Å². The molecule has 9 nitrogen and oxygen atoms in total. The van der Waals surface area contributed by atoms with Gasteiger partial charge < -0.3 is 14.1 Å². The van der Waals surface area contributed by atoms with Gasteiger partial charge in [-0.05, 0) is 43.7 Å². The van der Waals surface area contributed by atoms with Crippen LogP contribution >= 0.6 is 23.4 Å². The van der Waals surface area contributed by atoms with Crippen molar-refractivity contribution in [2.75, 3.05) is 35.8 Å². The molecule has 2 aromatic rings. The zero-order chi connectivity index (χ0) is 25.2. The second-order valence-corrected chi connectivity index (χ2v) is 11.5. The van der Waals surface area contributed by atoms with Crippen LogP contribution in [0.2, 0.25) is 5.02 Å². The lowest BCUT2D eigenvalue weighted by molar-refractivity contribution is -0.129. The molecule has 2 amide bonds. The van der Waals surface area contributed by atoms with Gasteiger partial charge in [-0.15, -0.1) is 0 Å². The Morgan fingerprint density at radius 3 is 2.80 bits per heavy atom. The summed E-state index contributed by atoms with van der Waals surface area (Å²) in [5, 5.41) is 0.624. The molecule has 0 radical (unpaired) electrons. The number of benzene rings is 1. The molecule has 3 heterocycles. The van der Waals surface area contributed by atoms with Gasteiger partial charge in [0.1, 0.15) is 17.2 Å². The summed E-state index contributed by atoms with van der Waals surface area (Å²) >= 11 is 7.39. The largest absolute Gasteiger partial charge is 0.495 e. The van der Waals surface area contributed by atoms with Gasteiger partial charge in [-0.1, -0.05) is 23.4 Å². The van der Waals surface area contributed by atoms with Gasteiger partial charge in [0.2, 0.25) is 5.91 Å². The van der Waals surface area contributed by atoms with E-state index in [0.717, 1.165) is 11.8 Å². The minimum Gasteiger partial charge on any atom is -0.495 e. The highest BCUT2D eigenvalue weighted by molar-refractivity contribution is 8.14. The van der Waals surface area contributed by atoms with E-state index in [1.807, 2.05) is 6.92 Å². The first kappa shape index (κ1) is 25.3. The second kappa shape index (κ2) is 10.5. The molecule has 0 N–H and O–H groups in total. The minimum absolute atomic E-state index is 0.00901. The fraction of sp³-hybridized carbons (Fsp3) is 0.348. The van der Waals surface area contributed by atoms with E-state index in [4.69, 9.17) is 20.8 Å². The number of furan rings is 1. The highest BCUT2D eigenvalue weighted by atomic mass is 35.5. The number of amidine groups is 1. The number of rotatable bonds is 7. The van der Waals surface area contributed by atoms with Crippen LogP contribution < -0.4 is 9.64 Å². The Labute approximate surface area is 212 Å². The van der Waals surface area contributed by atoms with E-state index in [0.29, 0.717) is 40.4 Å². The molecule has 1 fully saturated rings. The van der Waals surface area contributed by atoms with Crippen LogP contribution in [0.5, 0.6) is 5.75 Å². The van der Waals surface area contributed by atoms with E-state index in [-0.39, 0.29) is 34.9 Å². The fourth-order valence-electron chi connectivity index (χ4n) is 3.99. The third-order valence-corrected chi connectivity index (χ3v) is 8.65. The topological polar surface area (TPSA) is 109 Å².